The maximum absolute atomic E-state index is 12.6. The highest BCUT2D eigenvalue weighted by molar-refractivity contribution is 7.47. The first-order valence-corrected chi connectivity index (χ1v) is 22.7. The van der Waals surface area contributed by atoms with Crippen LogP contribution in [0.2, 0.25) is 0 Å². The maximum Gasteiger partial charge on any atom is 0.472 e. The van der Waals surface area contributed by atoms with Gasteiger partial charge in [-0.15, -0.1) is 0 Å². The van der Waals surface area contributed by atoms with Crippen molar-refractivity contribution in [3.8, 4) is 0 Å². The molecule has 0 aliphatic carbocycles. The minimum atomic E-state index is -4.41. The van der Waals surface area contributed by atoms with Gasteiger partial charge in [0.25, 0.3) is 0 Å². The molecule has 0 aliphatic heterocycles. The number of phosphoric ester groups is 1. The third-order valence-electron chi connectivity index (χ3n) is 9.17. The van der Waals surface area contributed by atoms with Crippen molar-refractivity contribution in [2.45, 2.75) is 162 Å². The van der Waals surface area contributed by atoms with E-state index in [4.69, 9.17) is 28.7 Å². The highest BCUT2D eigenvalue weighted by Crippen LogP contribution is 2.43. The molecule has 3 atom stereocenters. The Hall–Kier alpha value is -3.05. The van der Waals surface area contributed by atoms with Crippen LogP contribution in [0, 0.1) is 13.8 Å². The second-order valence-corrected chi connectivity index (χ2v) is 15.7. The second-order valence-electron chi connectivity index (χ2n) is 14.3. The molecule has 0 spiro atoms. The summed E-state index contributed by atoms with van der Waals surface area (Å²) in [6.45, 7) is 7.60. The number of carbonyl (C=O) groups is 2. The van der Waals surface area contributed by atoms with Gasteiger partial charge in [-0.1, -0.05) is 113 Å². The van der Waals surface area contributed by atoms with Gasteiger partial charge in [-0.05, 0) is 82.8 Å². The van der Waals surface area contributed by atoms with Crippen molar-refractivity contribution < 1.29 is 47.1 Å². The van der Waals surface area contributed by atoms with E-state index in [1.807, 2.05) is 55.5 Å². The van der Waals surface area contributed by atoms with Gasteiger partial charge in [0.05, 0.1) is 19.3 Å². The SMILES string of the molecule is CC/C=C\C(O)C/C=C/C=C\C/C=C\C/C=C\CCCC(=O)OC[C@H](COP(=O)(O)OCCN)OC(=O)CCCCCCCCCCc1oc(CCC)c(C)c1C. The number of rotatable bonds is 35. The van der Waals surface area contributed by atoms with Crippen LogP contribution in [0.15, 0.2) is 65.2 Å². The minimum Gasteiger partial charge on any atom is -0.466 e. The Morgan fingerprint density at radius 3 is 2.05 bits per heavy atom. The lowest BCUT2D eigenvalue weighted by Crippen LogP contribution is -2.29. The Kier molecular flexibility index (Phi) is 30.9. The van der Waals surface area contributed by atoms with Crippen LogP contribution >= 0.6 is 7.82 Å². The quantitative estimate of drug-likeness (QED) is 0.0196. The molecule has 0 saturated heterocycles. The standard InChI is InChI=1S/C45H74NO10P/c1-5-7-29-40(47)30-24-20-16-12-10-8-9-11-13-18-22-26-32-44(48)52-36-41(37-54-57(50,51)53-35-34-46)55-45(49)33-27-23-19-15-14-17-21-25-31-43-39(4)38(3)42(56-43)28-6-2/h7-9,12-13,16,18,20,24,29,40-41,47H,5-6,10-11,14-15,17,19,21-23,25-28,30-37,46H2,1-4H3,(H,50,51)/b9-8-,16-12-,18-13-,24-20+,29-7-/t40?,41-/m1/s1. The molecule has 0 aromatic carbocycles. The Bertz CT molecular complexity index is 1410. The molecule has 1 aromatic heterocycles. The largest absolute Gasteiger partial charge is 0.472 e. The summed E-state index contributed by atoms with van der Waals surface area (Å²) in [5.41, 5.74) is 7.95. The number of aliphatic hydroxyl groups excluding tert-OH is 1. The van der Waals surface area contributed by atoms with Crippen LogP contribution in [-0.4, -0.2) is 60.5 Å². The van der Waals surface area contributed by atoms with E-state index < -0.39 is 38.6 Å². The van der Waals surface area contributed by atoms with Crippen molar-refractivity contribution in [3.05, 3.63) is 83.4 Å². The molecule has 1 rings (SSSR count). The average molecular weight is 820 g/mol. The van der Waals surface area contributed by atoms with E-state index in [1.165, 1.54) is 24.0 Å². The fourth-order valence-corrected chi connectivity index (χ4v) is 6.56. The van der Waals surface area contributed by atoms with Gasteiger partial charge in [0, 0.05) is 32.2 Å². The Balaban J connectivity index is 2.31. The molecule has 0 saturated carbocycles. The number of aryl methyl sites for hydroxylation is 2. The molecule has 2 unspecified atom stereocenters. The molecular formula is C45H74NO10P. The fraction of sp³-hybridized carbons (Fsp3) is 0.644. The minimum absolute atomic E-state index is 0.0298. The van der Waals surface area contributed by atoms with Crippen molar-refractivity contribution in [2.75, 3.05) is 26.4 Å². The van der Waals surface area contributed by atoms with Crippen LogP contribution in [0.5, 0.6) is 0 Å². The summed E-state index contributed by atoms with van der Waals surface area (Å²) in [4.78, 5) is 34.9. The van der Waals surface area contributed by atoms with Gasteiger partial charge < -0.3 is 29.6 Å². The van der Waals surface area contributed by atoms with Crippen LogP contribution in [0.4, 0.5) is 0 Å². The highest BCUT2D eigenvalue weighted by Gasteiger charge is 2.26. The van der Waals surface area contributed by atoms with E-state index in [9.17, 15) is 24.2 Å². The predicted molar refractivity (Wildman–Crippen MR) is 229 cm³/mol. The smallest absolute Gasteiger partial charge is 0.466 e. The lowest BCUT2D eigenvalue weighted by molar-refractivity contribution is -0.161. The highest BCUT2D eigenvalue weighted by atomic mass is 31.2. The summed E-state index contributed by atoms with van der Waals surface area (Å²) in [5, 5.41) is 9.76. The van der Waals surface area contributed by atoms with Gasteiger partial charge in [-0.2, -0.15) is 0 Å². The Labute approximate surface area is 343 Å². The molecule has 0 radical (unpaired) electrons. The summed E-state index contributed by atoms with van der Waals surface area (Å²) < 4.78 is 38.8. The summed E-state index contributed by atoms with van der Waals surface area (Å²) in [5.74, 6) is 1.32. The zero-order valence-corrected chi connectivity index (χ0v) is 36.3. The number of furan rings is 1. The number of aliphatic hydroxyl groups is 1. The summed E-state index contributed by atoms with van der Waals surface area (Å²) in [7, 11) is -4.41. The van der Waals surface area contributed by atoms with Crippen LogP contribution < -0.4 is 5.73 Å². The third kappa shape index (κ3) is 28.1. The first kappa shape index (κ1) is 52.0. The molecule has 0 bridgehead atoms. The van der Waals surface area contributed by atoms with E-state index in [1.54, 1.807) is 0 Å². The maximum atomic E-state index is 12.6. The van der Waals surface area contributed by atoms with E-state index in [0.717, 1.165) is 82.1 Å². The number of phosphoric acid groups is 1. The molecule has 11 nitrogen and oxygen atoms in total. The third-order valence-corrected chi connectivity index (χ3v) is 10.1. The molecule has 0 aliphatic rings. The molecule has 324 valence electrons. The monoisotopic (exact) mass is 820 g/mol. The molecule has 0 fully saturated rings. The molecule has 1 heterocycles. The zero-order chi connectivity index (χ0) is 42.0. The van der Waals surface area contributed by atoms with Crippen molar-refractivity contribution in [1.29, 1.82) is 0 Å². The number of unbranched alkanes of at least 4 members (excludes halogenated alkanes) is 8. The molecule has 57 heavy (non-hydrogen) atoms. The van der Waals surface area contributed by atoms with Gasteiger partial charge in [-0.25, -0.2) is 4.57 Å². The van der Waals surface area contributed by atoms with Crippen molar-refractivity contribution >= 4 is 19.8 Å². The lowest BCUT2D eigenvalue weighted by atomic mass is 10.0. The number of nitrogens with two attached hydrogens (primary N) is 1. The van der Waals surface area contributed by atoms with Crippen molar-refractivity contribution in [2.24, 2.45) is 5.73 Å². The zero-order valence-electron chi connectivity index (χ0n) is 35.4. The van der Waals surface area contributed by atoms with Crippen LogP contribution in [0.25, 0.3) is 0 Å². The van der Waals surface area contributed by atoms with E-state index >= 15 is 0 Å². The molecule has 1 aromatic rings. The summed E-state index contributed by atoms with van der Waals surface area (Å²) >= 11 is 0. The van der Waals surface area contributed by atoms with Crippen molar-refractivity contribution in [3.63, 3.8) is 0 Å². The molecule has 12 heteroatoms. The van der Waals surface area contributed by atoms with E-state index in [0.29, 0.717) is 25.7 Å². The van der Waals surface area contributed by atoms with Gasteiger partial charge in [0.2, 0.25) is 0 Å². The number of ether oxygens (including phenoxy) is 2. The molecular weight excluding hydrogens is 745 g/mol. The second kappa shape index (κ2) is 33.9. The number of hydrogen-bond donors (Lipinski definition) is 3. The first-order chi connectivity index (χ1) is 27.5. The Morgan fingerprint density at radius 2 is 1.37 bits per heavy atom. The molecule has 4 N–H and O–H groups in total. The summed E-state index contributed by atoms with van der Waals surface area (Å²) in [6.07, 6.45) is 34.5. The van der Waals surface area contributed by atoms with Crippen LogP contribution in [0.1, 0.15) is 146 Å². The topological polar surface area (TPSA) is 168 Å². The van der Waals surface area contributed by atoms with E-state index in [2.05, 4.69) is 32.9 Å². The predicted octanol–water partition coefficient (Wildman–Crippen LogP) is 10.3. The fourth-order valence-electron chi connectivity index (χ4n) is 5.79. The normalized spacial score (nSPS) is 14.4. The Morgan fingerprint density at radius 1 is 0.754 bits per heavy atom. The average Bonchev–Trinajstić information content (AvgIpc) is 3.45. The number of carbonyl (C=O) groups excluding carboxylic acids is 2. The summed E-state index contributed by atoms with van der Waals surface area (Å²) in [6, 6.07) is 0. The first-order valence-electron chi connectivity index (χ1n) is 21.2. The van der Waals surface area contributed by atoms with Gasteiger partial charge in [-0.3, -0.25) is 18.6 Å². The van der Waals surface area contributed by atoms with Crippen LogP contribution in [-0.2, 0) is 45.5 Å². The number of esters is 2. The number of hydrogen-bond acceptors (Lipinski definition) is 10. The van der Waals surface area contributed by atoms with Gasteiger partial charge >= 0.3 is 19.8 Å². The van der Waals surface area contributed by atoms with E-state index in [-0.39, 0.29) is 32.6 Å². The molecule has 0 amide bonds. The lowest BCUT2D eigenvalue weighted by Gasteiger charge is -2.19. The van der Waals surface area contributed by atoms with Gasteiger partial charge in [0.1, 0.15) is 18.1 Å². The number of allylic oxidation sites excluding steroid dienone is 8. The van der Waals surface area contributed by atoms with Crippen molar-refractivity contribution in [1.82, 2.24) is 0 Å². The van der Waals surface area contributed by atoms with Gasteiger partial charge in [0.15, 0.2) is 6.10 Å². The van der Waals surface area contributed by atoms with Crippen LogP contribution in [0.3, 0.4) is 0 Å².